The van der Waals surface area contributed by atoms with Gasteiger partial charge >= 0.3 is 0 Å². The molecule has 0 aromatic heterocycles. The van der Waals surface area contributed by atoms with Crippen molar-refractivity contribution in [3.05, 3.63) is 0 Å². The maximum atomic E-state index is 11.1. The minimum Gasteiger partial charge on any atom is -0.356 e. The van der Waals surface area contributed by atoms with Gasteiger partial charge < -0.3 is 9.64 Å². The van der Waals surface area contributed by atoms with Crippen LogP contribution in [-0.4, -0.2) is 29.2 Å². The van der Waals surface area contributed by atoms with Crippen molar-refractivity contribution in [2.75, 3.05) is 6.61 Å². The first kappa shape index (κ1) is 7.10. The molecule has 11 heavy (non-hydrogen) atoms. The van der Waals surface area contributed by atoms with Gasteiger partial charge in [-0.1, -0.05) is 0 Å². The third-order valence-corrected chi connectivity index (χ3v) is 2.53. The van der Waals surface area contributed by atoms with E-state index in [1.54, 1.807) is 0 Å². The molecule has 2 heterocycles. The molecule has 0 saturated carbocycles. The SMILES string of the molecule is CC1(C)OCC[C@@H]2CC(=O)N21. The summed E-state index contributed by atoms with van der Waals surface area (Å²) in [5.41, 5.74) is -0.349. The second kappa shape index (κ2) is 1.97. The fourth-order valence-electron chi connectivity index (χ4n) is 1.97. The molecule has 0 unspecified atom stereocenters. The summed E-state index contributed by atoms with van der Waals surface area (Å²) in [5, 5.41) is 0. The van der Waals surface area contributed by atoms with Crippen LogP contribution in [0.15, 0.2) is 0 Å². The second-order valence-electron chi connectivity index (χ2n) is 3.71. The molecule has 0 aromatic rings. The van der Waals surface area contributed by atoms with Crippen LogP contribution in [0.1, 0.15) is 26.7 Å². The Hall–Kier alpha value is -0.570. The number of ether oxygens (including phenoxy) is 1. The molecule has 0 aromatic carbocycles. The van der Waals surface area contributed by atoms with E-state index in [2.05, 4.69) is 0 Å². The first-order chi connectivity index (χ1) is 5.11. The summed E-state index contributed by atoms with van der Waals surface area (Å²) in [7, 11) is 0. The zero-order chi connectivity index (χ0) is 8.06. The highest BCUT2D eigenvalue weighted by Gasteiger charge is 2.48. The van der Waals surface area contributed by atoms with Gasteiger partial charge in [-0.15, -0.1) is 0 Å². The van der Waals surface area contributed by atoms with Gasteiger partial charge in [-0.05, 0) is 20.3 Å². The van der Waals surface area contributed by atoms with E-state index in [0.717, 1.165) is 19.4 Å². The summed E-state index contributed by atoms with van der Waals surface area (Å²) in [4.78, 5) is 13.0. The molecule has 0 N–H and O–H groups in total. The predicted octanol–water partition coefficient (Wildman–Crippen LogP) is 0.744. The Morgan fingerprint density at radius 1 is 1.64 bits per heavy atom. The minimum atomic E-state index is -0.349. The van der Waals surface area contributed by atoms with E-state index in [0.29, 0.717) is 6.04 Å². The minimum absolute atomic E-state index is 0.236. The van der Waals surface area contributed by atoms with Gasteiger partial charge in [0.2, 0.25) is 5.91 Å². The number of carbonyl (C=O) groups excluding carboxylic acids is 1. The maximum Gasteiger partial charge on any atom is 0.227 e. The van der Waals surface area contributed by atoms with Crippen molar-refractivity contribution in [2.24, 2.45) is 0 Å². The Morgan fingerprint density at radius 2 is 2.36 bits per heavy atom. The van der Waals surface area contributed by atoms with Gasteiger partial charge in [0.1, 0.15) is 5.72 Å². The van der Waals surface area contributed by atoms with Crippen molar-refractivity contribution < 1.29 is 9.53 Å². The summed E-state index contributed by atoms with van der Waals surface area (Å²) in [6.45, 7) is 4.70. The molecule has 2 rings (SSSR count). The summed E-state index contributed by atoms with van der Waals surface area (Å²) in [6.07, 6.45) is 1.74. The molecule has 2 saturated heterocycles. The molecule has 3 heteroatoms. The normalized spacial score (nSPS) is 34.5. The topological polar surface area (TPSA) is 29.5 Å². The highest BCUT2D eigenvalue weighted by atomic mass is 16.5. The lowest BCUT2D eigenvalue weighted by molar-refractivity contribution is -0.218. The van der Waals surface area contributed by atoms with E-state index in [-0.39, 0.29) is 11.6 Å². The predicted molar refractivity (Wildman–Crippen MR) is 39.9 cm³/mol. The summed E-state index contributed by atoms with van der Waals surface area (Å²) in [6, 6.07) is 0.464. The van der Waals surface area contributed by atoms with Crippen LogP contribution in [0.2, 0.25) is 0 Å². The third-order valence-electron chi connectivity index (χ3n) is 2.53. The van der Waals surface area contributed by atoms with E-state index < -0.39 is 0 Å². The van der Waals surface area contributed by atoms with Crippen LogP contribution in [0.4, 0.5) is 0 Å². The average Bonchev–Trinajstić information content (AvgIpc) is 1.82. The molecule has 2 aliphatic rings. The van der Waals surface area contributed by atoms with Crippen LogP contribution in [0.5, 0.6) is 0 Å². The number of hydrogen-bond donors (Lipinski definition) is 0. The molecule has 0 radical (unpaired) electrons. The molecule has 3 nitrogen and oxygen atoms in total. The lowest BCUT2D eigenvalue weighted by Crippen LogP contribution is -2.66. The molecule has 0 spiro atoms. The van der Waals surface area contributed by atoms with Gasteiger partial charge in [0.15, 0.2) is 0 Å². The number of amides is 1. The smallest absolute Gasteiger partial charge is 0.227 e. The molecule has 2 aliphatic heterocycles. The van der Waals surface area contributed by atoms with Gasteiger partial charge in [0.05, 0.1) is 6.61 Å². The number of rotatable bonds is 0. The number of fused-ring (bicyclic) bond motifs is 1. The lowest BCUT2D eigenvalue weighted by atomic mass is 9.93. The maximum absolute atomic E-state index is 11.1. The van der Waals surface area contributed by atoms with Crippen LogP contribution in [0, 0.1) is 0 Å². The lowest BCUT2D eigenvalue weighted by Gasteiger charge is -2.53. The molecule has 1 amide bonds. The van der Waals surface area contributed by atoms with Crippen LogP contribution < -0.4 is 0 Å². The number of carbonyl (C=O) groups is 1. The Morgan fingerprint density at radius 3 is 2.82 bits per heavy atom. The standard InChI is InChI=1S/C8H13NO2/c1-8(2)9-6(3-4-11-8)5-7(9)10/h6H,3-5H2,1-2H3/t6-/m1/s1. The Balaban J connectivity index is 2.17. The fraction of sp³-hybridized carbons (Fsp3) is 0.875. The van der Waals surface area contributed by atoms with E-state index >= 15 is 0 Å². The highest BCUT2D eigenvalue weighted by molar-refractivity contribution is 5.83. The van der Waals surface area contributed by atoms with Crippen LogP contribution >= 0.6 is 0 Å². The number of hydrogen-bond acceptors (Lipinski definition) is 2. The fourth-order valence-corrected chi connectivity index (χ4v) is 1.97. The van der Waals surface area contributed by atoms with Crippen molar-refractivity contribution >= 4 is 5.91 Å². The monoisotopic (exact) mass is 155 g/mol. The van der Waals surface area contributed by atoms with E-state index in [9.17, 15) is 4.79 Å². The number of nitrogens with zero attached hydrogens (tertiary/aromatic N) is 1. The zero-order valence-corrected chi connectivity index (χ0v) is 6.96. The largest absolute Gasteiger partial charge is 0.356 e. The summed E-state index contributed by atoms with van der Waals surface area (Å²) in [5.74, 6) is 0.236. The van der Waals surface area contributed by atoms with Crippen molar-refractivity contribution in [2.45, 2.75) is 38.5 Å². The second-order valence-corrected chi connectivity index (χ2v) is 3.71. The molecular weight excluding hydrogens is 142 g/mol. The van der Waals surface area contributed by atoms with Crippen LogP contribution in [-0.2, 0) is 9.53 Å². The van der Waals surface area contributed by atoms with Gasteiger partial charge in [-0.2, -0.15) is 0 Å². The molecule has 1 atom stereocenters. The van der Waals surface area contributed by atoms with Crippen LogP contribution in [0.3, 0.4) is 0 Å². The van der Waals surface area contributed by atoms with Gasteiger partial charge in [0, 0.05) is 12.5 Å². The van der Waals surface area contributed by atoms with Gasteiger partial charge in [-0.25, -0.2) is 0 Å². The quantitative estimate of drug-likeness (QED) is 0.483. The first-order valence-corrected chi connectivity index (χ1v) is 4.07. The van der Waals surface area contributed by atoms with Crippen LogP contribution in [0.25, 0.3) is 0 Å². The van der Waals surface area contributed by atoms with E-state index in [1.807, 2.05) is 18.7 Å². The Bertz CT molecular complexity index is 200. The van der Waals surface area contributed by atoms with Crippen molar-refractivity contribution in [3.8, 4) is 0 Å². The van der Waals surface area contributed by atoms with E-state index in [4.69, 9.17) is 4.74 Å². The average molecular weight is 155 g/mol. The number of β-lactam (4-membered cyclic amide) rings is 1. The molecule has 0 aliphatic carbocycles. The Kier molecular flexibility index (Phi) is 1.27. The van der Waals surface area contributed by atoms with Gasteiger partial charge in [0.25, 0.3) is 0 Å². The molecular formula is C8H13NO2. The molecule has 0 bridgehead atoms. The highest BCUT2D eigenvalue weighted by Crippen LogP contribution is 2.35. The van der Waals surface area contributed by atoms with E-state index in [1.165, 1.54) is 0 Å². The third kappa shape index (κ3) is 0.872. The molecule has 2 fully saturated rings. The van der Waals surface area contributed by atoms with Crippen molar-refractivity contribution in [3.63, 3.8) is 0 Å². The van der Waals surface area contributed by atoms with Crippen molar-refractivity contribution in [1.82, 2.24) is 4.90 Å². The van der Waals surface area contributed by atoms with Crippen molar-refractivity contribution in [1.29, 1.82) is 0 Å². The first-order valence-electron chi connectivity index (χ1n) is 4.07. The molecule has 62 valence electrons. The zero-order valence-electron chi connectivity index (χ0n) is 6.96. The summed E-state index contributed by atoms with van der Waals surface area (Å²) < 4.78 is 5.47. The Labute approximate surface area is 66.3 Å². The van der Waals surface area contributed by atoms with Gasteiger partial charge in [-0.3, -0.25) is 4.79 Å². The summed E-state index contributed by atoms with van der Waals surface area (Å²) >= 11 is 0.